The summed E-state index contributed by atoms with van der Waals surface area (Å²) in [7, 11) is -3.91. The van der Waals surface area contributed by atoms with E-state index in [0.29, 0.717) is 24.5 Å². The lowest BCUT2D eigenvalue weighted by molar-refractivity contribution is -0.144. The molecule has 0 aliphatic carbocycles. The van der Waals surface area contributed by atoms with Gasteiger partial charge in [-0.05, 0) is 120 Å². The van der Waals surface area contributed by atoms with Gasteiger partial charge in [0.15, 0.2) is 0 Å². The number of unbranched alkanes of at least 4 members (excludes halogenated alkanes) is 4. The Hall–Kier alpha value is -6.27. The molecular weight excluding hydrogens is 967 g/mol. The van der Waals surface area contributed by atoms with E-state index < -0.39 is 57.0 Å². The number of fused-ring (bicyclic) bond motifs is 2. The first kappa shape index (κ1) is 53.0. The first-order valence-corrected chi connectivity index (χ1v) is 27.6. The number of anilines is 1. The molecule has 15 nitrogen and oxygen atoms in total. The maximum absolute atomic E-state index is 14.5. The van der Waals surface area contributed by atoms with Crippen molar-refractivity contribution in [3.8, 4) is 27.7 Å². The summed E-state index contributed by atoms with van der Waals surface area (Å²) in [6, 6.07) is 26.7. The average molecular weight is 1030 g/mol. The molecule has 388 valence electrons. The number of aromatic hydroxyl groups is 2. The summed E-state index contributed by atoms with van der Waals surface area (Å²) in [5.74, 6) is -0.140. The van der Waals surface area contributed by atoms with Gasteiger partial charge in [0.05, 0.1) is 40.6 Å². The molecule has 8 rings (SSSR count). The molecule has 4 aromatic carbocycles. The minimum atomic E-state index is -3.91. The SMILES string of the molecule is CCN(c1ccc(OCCCCCCCC(=O)N[C@H](C(=O)N2C[C@H](O)C[C@H]2C(=O)NCc2ccc(-c3scnc3C)cc2)C(C)(C)C)cc1)S(=O)(=O)C1CC2OC1C(c1ccc(O)cc1)=C2c1ccc(O)cc1. The van der Waals surface area contributed by atoms with Crippen LogP contribution in [0, 0.1) is 12.3 Å². The molecule has 1 aromatic heterocycles. The van der Waals surface area contributed by atoms with E-state index in [1.165, 1.54) is 9.21 Å². The average Bonchev–Trinajstić information content (AvgIpc) is 4.18. The monoisotopic (exact) mass is 1030 g/mol. The predicted octanol–water partition coefficient (Wildman–Crippen LogP) is 8.37. The van der Waals surface area contributed by atoms with Crippen LogP contribution in [0.25, 0.3) is 21.6 Å². The van der Waals surface area contributed by atoms with Gasteiger partial charge in [0.2, 0.25) is 27.7 Å². The second kappa shape index (κ2) is 22.9. The van der Waals surface area contributed by atoms with E-state index in [4.69, 9.17) is 9.47 Å². The number of carbonyl (C=O) groups excluding carboxylic acids is 3. The minimum absolute atomic E-state index is 0.00550. The number of benzene rings is 4. The molecule has 3 aliphatic heterocycles. The third-order valence-corrected chi connectivity index (χ3v) is 17.2. The summed E-state index contributed by atoms with van der Waals surface area (Å²) in [6.07, 6.45) is 2.56. The maximum atomic E-state index is 14.5. The lowest BCUT2D eigenvalue weighted by atomic mass is 9.83. The lowest BCUT2D eigenvalue weighted by Gasteiger charge is -2.35. The van der Waals surface area contributed by atoms with Crippen LogP contribution in [-0.2, 0) is 35.7 Å². The van der Waals surface area contributed by atoms with Gasteiger partial charge in [-0.1, -0.05) is 88.6 Å². The Morgan fingerprint density at radius 2 is 1.47 bits per heavy atom. The fourth-order valence-corrected chi connectivity index (χ4v) is 13.0. The molecule has 73 heavy (non-hydrogen) atoms. The zero-order chi connectivity index (χ0) is 52.0. The Labute approximate surface area is 432 Å². The van der Waals surface area contributed by atoms with Crippen LogP contribution in [0.15, 0.2) is 103 Å². The number of nitrogens with one attached hydrogen (secondary N) is 2. The molecule has 5 aromatic rings. The highest BCUT2D eigenvalue weighted by molar-refractivity contribution is 7.93. The number of aliphatic hydroxyl groups is 1. The van der Waals surface area contributed by atoms with Gasteiger partial charge in [-0.2, -0.15) is 0 Å². The van der Waals surface area contributed by atoms with Crippen LogP contribution in [0.1, 0.15) is 101 Å². The summed E-state index contributed by atoms with van der Waals surface area (Å²) in [6.45, 7) is 10.3. The number of phenolic OH excluding ortho intramolecular Hbond substituents is 2. The number of sulfonamides is 1. The Balaban J connectivity index is 0.768. The number of hydrogen-bond donors (Lipinski definition) is 5. The quantitative estimate of drug-likeness (QED) is 0.0441. The molecule has 4 heterocycles. The minimum Gasteiger partial charge on any atom is -0.508 e. The largest absolute Gasteiger partial charge is 0.508 e. The number of hydrogen-bond acceptors (Lipinski definition) is 12. The molecule has 0 spiro atoms. The van der Waals surface area contributed by atoms with Crippen molar-refractivity contribution in [1.29, 1.82) is 0 Å². The molecule has 2 saturated heterocycles. The number of amides is 3. The second-order valence-corrected chi connectivity index (χ2v) is 23.2. The molecule has 3 unspecified atom stereocenters. The van der Waals surface area contributed by atoms with Gasteiger partial charge < -0.3 is 40.3 Å². The number of carbonyl (C=O) groups is 3. The van der Waals surface area contributed by atoms with E-state index in [-0.39, 0.29) is 62.2 Å². The van der Waals surface area contributed by atoms with Crippen molar-refractivity contribution in [2.45, 2.75) is 128 Å². The number of aryl methyl sites for hydroxylation is 1. The molecule has 17 heteroatoms. The number of aliphatic hydroxyl groups excluding tert-OH is 1. The van der Waals surface area contributed by atoms with Crippen LogP contribution in [0.3, 0.4) is 0 Å². The van der Waals surface area contributed by atoms with Crippen LogP contribution in [0.4, 0.5) is 5.69 Å². The summed E-state index contributed by atoms with van der Waals surface area (Å²) in [5, 5.41) is 35.6. The molecule has 2 bridgehead atoms. The smallest absolute Gasteiger partial charge is 0.246 e. The molecule has 3 amide bonds. The number of rotatable bonds is 21. The summed E-state index contributed by atoms with van der Waals surface area (Å²) < 4.78 is 42.8. The third kappa shape index (κ3) is 12.2. The first-order valence-electron chi connectivity index (χ1n) is 25.2. The van der Waals surface area contributed by atoms with Crippen LogP contribution in [0.5, 0.6) is 17.2 Å². The Kier molecular flexibility index (Phi) is 16.6. The van der Waals surface area contributed by atoms with Crippen molar-refractivity contribution in [2.75, 3.05) is 24.0 Å². The fraction of sp³-hybridized carbons (Fsp3) is 0.429. The summed E-state index contributed by atoms with van der Waals surface area (Å²) >= 11 is 1.57. The predicted molar refractivity (Wildman–Crippen MR) is 283 cm³/mol. The molecule has 5 N–H and O–H groups in total. The van der Waals surface area contributed by atoms with Crippen LogP contribution < -0.4 is 19.7 Å². The first-order chi connectivity index (χ1) is 34.9. The number of likely N-dealkylation sites (tertiary alicyclic amines) is 1. The van der Waals surface area contributed by atoms with Crippen LogP contribution >= 0.6 is 11.3 Å². The highest BCUT2D eigenvalue weighted by atomic mass is 32.2. The van der Waals surface area contributed by atoms with E-state index in [2.05, 4.69) is 15.6 Å². The normalized spacial score (nSPS) is 20.0. The lowest BCUT2D eigenvalue weighted by Crippen LogP contribution is -2.57. The van der Waals surface area contributed by atoms with Gasteiger partial charge in [0.1, 0.15) is 40.7 Å². The summed E-state index contributed by atoms with van der Waals surface area (Å²) in [5.41, 5.74) is 7.83. The van der Waals surface area contributed by atoms with Crippen LogP contribution in [0.2, 0.25) is 0 Å². The van der Waals surface area contributed by atoms with Crippen molar-refractivity contribution < 1.29 is 47.6 Å². The molecule has 3 aliphatic rings. The Bertz CT molecular complexity index is 2860. The van der Waals surface area contributed by atoms with Crippen molar-refractivity contribution in [3.05, 3.63) is 125 Å². The van der Waals surface area contributed by atoms with Crippen molar-refractivity contribution >= 4 is 55.9 Å². The van der Waals surface area contributed by atoms with E-state index in [9.17, 15) is 38.1 Å². The van der Waals surface area contributed by atoms with Gasteiger partial charge in [0.25, 0.3) is 0 Å². The Morgan fingerprint density at radius 3 is 2.08 bits per heavy atom. The number of nitrogens with zero attached hydrogens (tertiary/aromatic N) is 3. The molecule has 2 fully saturated rings. The molecular formula is C56H67N5O10S2. The van der Waals surface area contributed by atoms with Gasteiger partial charge in [-0.25, -0.2) is 13.4 Å². The zero-order valence-electron chi connectivity index (χ0n) is 42.1. The number of ether oxygens (including phenoxy) is 2. The van der Waals surface area contributed by atoms with E-state index in [0.717, 1.165) is 69.7 Å². The van der Waals surface area contributed by atoms with Gasteiger partial charge in [0, 0.05) is 32.5 Å². The molecule has 0 saturated carbocycles. The number of aromatic nitrogens is 1. The maximum Gasteiger partial charge on any atom is 0.246 e. The van der Waals surface area contributed by atoms with Gasteiger partial charge >= 0.3 is 0 Å². The highest BCUT2D eigenvalue weighted by Gasteiger charge is 2.54. The fourth-order valence-electron chi connectivity index (χ4n) is 10.1. The van der Waals surface area contributed by atoms with E-state index in [1.807, 2.05) is 57.5 Å². The van der Waals surface area contributed by atoms with Crippen LogP contribution in [-0.4, -0.2) is 107 Å². The topological polar surface area (TPSA) is 208 Å². The van der Waals surface area contributed by atoms with Crippen molar-refractivity contribution in [1.82, 2.24) is 20.5 Å². The van der Waals surface area contributed by atoms with E-state index in [1.54, 1.807) is 91.1 Å². The Morgan fingerprint density at radius 1 is 0.849 bits per heavy atom. The number of thiazole rings is 1. The van der Waals surface area contributed by atoms with Gasteiger partial charge in [-0.3, -0.25) is 18.7 Å². The summed E-state index contributed by atoms with van der Waals surface area (Å²) in [4.78, 5) is 47.6. The second-order valence-electron chi connectivity index (χ2n) is 20.3. The molecule has 0 radical (unpaired) electrons. The molecule has 6 atom stereocenters. The van der Waals surface area contributed by atoms with Crippen molar-refractivity contribution in [3.63, 3.8) is 0 Å². The number of β-amino-alcohol motifs (C(OH)–C–C–N with tert-alkyl or cyclic N) is 1. The highest BCUT2D eigenvalue weighted by Crippen LogP contribution is 2.51. The number of phenols is 2. The zero-order valence-corrected chi connectivity index (χ0v) is 43.8. The van der Waals surface area contributed by atoms with E-state index >= 15 is 0 Å². The van der Waals surface area contributed by atoms with Gasteiger partial charge in [-0.15, -0.1) is 11.3 Å². The third-order valence-electron chi connectivity index (χ3n) is 14.0. The van der Waals surface area contributed by atoms with Crippen molar-refractivity contribution in [2.24, 2.45) is 5.41 Å². The standard InChI is InChI=1S/C56H67N5O10S2/c1-6-61(73(68,69)47-31-46-49(37-17-23-41(62)24-18-37)50(51(47)71-46)38-19-25-42(63)26-20-38)40-21-27-44(28-22-40)70-29-11-9-7-8-10-12-48(65)59-53(56(3,4)5)55(67)60-33-43(64)30-45(60)54(66)57-32-36-13-15-39(16-14-36)52-35(2)58-34-72-52/h13-28,34,43,45-47,51,53,62-64H,6-12,29-33H2,1-5H3,(H,57,66)(H,59,65)/t43-,45+,46?,47?,51?,53-/m1/s1.